The third kappa shape index (κ3) is 5.62. The first kappa shape index (κ1) is 24.7. The second kappa shape index (κ2) is 9.68. The van der Waals surface area contributed by atoms with Crippen molar-refractivity contribution in [3.8, 4) is 22.8 Å². The van der Waals surface area contributed by atoms with Crippen molar-refractivity contribution in [3.05, 3.63) is 66.6 Å². The van der Waals surface area contributed by atoms with Crippen LogP contribution in [0.2, 0.25) is 0 Å². The molecule has 0 saturated carbocycles. The number of urea groups is 1. The van der Waals surface area contributed by atoms with Gasteiger partial charge in [-0.1, -0.05) is 0 Å². The number of pyridine rings is 1. The summed E-state index contributed by atoms with van der Waals surface area (Å²) in [5.74, 6) is -0.318. The summed E-state index contributed by atoms with van der Waals surface area (Å²) in [5, 5.41) is 11.9. The van der Waals surface area contributed by atoms with Gasteiger partial charge in [-0.25, -0.2) is 9.18 Å². The third-order valence-electron chi connectivity index (χ3n) is 4.93. The minimum absolute atomic E-state index is 0.138. The zero-order valence-corrected chi connectivity index (χ0v) is 19.3. The number of halogens is 4. The number of amides is 2. The van der Waals surface area contributed by atoms with Crippen LogP contribution in [-0.2, 0) is 13.2 Å². The Kier molecular flexibility index (Phi) is 6.64. The number of ether oxygens (including phenoxy) is 1. The molecule has 0 unspecified atom stereocenters. The van der Waals surface area contributed by atoms with Crippen molar-refractivity contribution in [2.75, 3.05) is 10.6 Å². The molecule has 36 heavy (non-hydrogen) atoms. The van der Waals surface area contributed by atoms with Gasteiger partial charge >= 0.3 is 12.2 Å². The molecule has 2 amide bonds. The second-order valence-corrected chi connectivity index (χ2v) is 8.07. The van der Waals surface area contributed by atoms with Gasteiger partial charge in [0.1, 0.15) is 17.3 Å². The van der Waals surface area contributed by atoms with Crippen LogP contribution in [0.25, 0.3) is 11.3 Å². The van der Waals surface area contributed by atoms with Crippen molar-refractivity contribution >= 4 is 17.4 Å². The smallest absolute Gasteiger partial charge is 0.437 e. The first-order valence-electron chi connectivity index (χ1n) is 10.7. The molecule has 0 bridgehead atoms. The number of anilines is 2. The molecule has 1 aromatic carbocycles. The number of benzene rings is 1. The van der Waals surface area contributed by atoms with E-state index in [2.05, 4.69) is 25.8 Å². The van der Waals surface area contributed by atoms with Crippen LogP contribution in [0.4, 0.5) is 33.7 Å². The highest BCUT2D eigenvalue weighted by Crippen LogP contribution is 2.34. The molecule has 2 N–H and O–H groups in total. The Bertz CT molecular complexity index is 1400. The van der Waals surface area contributed by atoms with Gasteiger partial charge in [0.25, 0.3) is 0 Å². The van der Waals surface area contributed by atoms with Crippen LogP contribution in [0.3, 0.4) is 0 Å². The number of nitrogens with one attached hydrogen (secondary N) is 2. The molecule has 3 aromatic heterocycles. The van der Waals surface area contributed by atoms with Crippen LogP contribution >= 0.6 is 0 Å². The molecule has 188 valence electrons. The van der Waals surface area contributed by atoms with Crippen LogP contribution in [0.5, 0.6) is 11.5 Å². The molecule has 0 atom stereocenters. The predicted molar refractivity (Wildman–Crippen MR) is 123 cm³/mol. The first-order chi connectivity index (χ1) is 17.0. The maximum atomic E-state index is 14.6. The molecule has 0 aliphatic rings. The summed E-state index contributed by atoms with van der Waals surface area (Å²) >= 11 is 0. The highest BCUT2D eigenvalue weighted by Gasteiger charge is 2.38. The molecule has 0 fully saturated rings. The molecule has 3 heterocycles. The molecular weight excluding hydrogens is 482 g/mol. The van der Waals surface area contributed by atoms with Gasteiger partial charge in [0, 0.05) is 49.4 Å². The van der Waals surface area contributed by atoms with Crippen molar-refractivity contribution in [1.82, 2.24) is 24.5 Å². The Hall–Kier alpha value is -4.42. The molecule has 0 aliphatic carbocycles. The maximum Gasteiger partial charge on any atom is 0.437 e. The van der Waals surface area contributed by atoms with Gasteiger partial charge < -0.3 is 15.4 Å². The number of aromatic nitrogens is 5. The van der Waals surface area contributed by atoms with Gasteiger partial charge in [-0.05, 0) is 32.0 Å². The normalized spacial score (nSPS) is 11.6. The summed E-state index contributed by atoms with van der Waals surface area (Å²) in [7, 11) is 1.77. The lowest BCUT2D eigenvalue weighted by Gasteiger charge is -2.11. The van der Waals surface area contributed by atoms with Crippen molar-refractivity contribution in [3.63, 3.8) is 0 Å². The summed E-state index contributed by atoms with van der Waals surface area (Å²) in [6, 6.07) is 5.49. The highest BCUT2D eigenvalue weighted by molar-refractivity contribution is 6.00. The van der Waals surface area contributed by atoms with E-state index in [4.69, 9.17) is 4.74 Å². The Morgan fingerprint density at radius 3 is 2.42 bits per heavy atom. The fourth-order valence-corrected chi connectivity index (χ4v) is 3.22. The zero-order chi connectivity index (χ0) is 26.0. The number of aryl methyl sites for hydroxylation is 1. The standard InChI is InChI=1S/C23H21F4N7O2/c1-13(2)34-12-20(21(32-34)23(25,26)27)31-22(35)30-18-5-4-15(8-17(18)24)36-16-6-7-28-19(9-16)14-10-29-33(3)11-14/h4-13H,1-3H3,(H2,30,31,35). The first-order valence-corrected chi connectivity index (χ1v) is 10.7. The van der Waals surface area contributed by atoms with Crippen LogP contribution in [0.1, 0.15) is 25.6 Å². The van der Waals surface area contributed by atoms with Gasteiger partial charge in [0.05, 0.1) is 23.3 Å². The summed E-state index contributed by atoms with van der Waals surface area (Å²) in [6.45, 7) is 3.28. The van der Waals surface area contributed by atoms with E-state index in [1.54, 1.807) is 50.1 Å². The quantitative estimate of drug-likeness (QED) is 0.322. The summed E-state index contributed by atoms with van der Waals surface area (Å²) in [5.41, 5.74) is -0.674. The molecular formula is C23H21F4N7O2. The minimum atomic E-state index is -4.78. The van der Waals surface area contributed by atoms with E-state index >= 15 is 0 Å². The number of alkyl halides is 3. The summed E-state index contributed by atoms with van der Waals surface area (Å²) < 4.78 is 62.9. The van der Waals surface area contributed by atoms with Crippen molar-refractivity contribution in [2.45, 2.75) is 26.1 Å². The van der Waals surface area contributed by atoms with E-state index in [0.29, 0.717) is 11.4 Å². The van der Waals surface area contributed by atoms with E-state index in [0.717, 1.165) is 22.5 Å². The number of rotatable bonds is 6. The average Bonchev–Trinajstić information content (AvgIpc) is 3.42. The SMILES string of the molecule is CC(C)n1cc(NC(=O)Nc2ccc(Oc3ccnc(-c4cnn(C)c4)c3)cc2F)c(C(F)(F)F)n1. The molecule has 4 aromatic rings. The molecule has 0 aliphatic heterocycles. The lowest BCUT2D eigenvalue weighted by Crippen LogP contribution is -2.22. The number of nitrogens with zero attached hydrogens (tertiary/aromatic N) is 5. The molecule has 0 radical (unpaired) electrons. The van der Waals surface area contributed by atoms with Crippen LogP contribution < -0.4 is 15.4 Å². The fraction of sp³-hybridized carbons (Fsp3) is 0.217. The second-order valence-electron chi connectivity index (χ2n) is 8.07. The van der Waals surface area contributed by atoms with Gasteiger partial charge in [-0.2, -0.15) is 23.4 Å². The average molecular weight is 503 g/mol. The minimum Gasteiger partial charge on any atom is -0.457 e. The predicted octanol–water partition coefficient (Wildman–Crippen LogP) is 5.85. The zero-order valence-electron chi connectivity index (χ0n) is 19.3. The lowest BCUT2D eigenvalue weighted by molar-refractivity contribution is -0.140. The number of hydrogen-bond donors (Lipinski definition) is 2. The fourth-order valence-electron chi connectivity index (χ4n) is 3.22. The number of carbonyl (C=O) groups is 1. The Labute approximate surface area is 202 Å². The monoisotopic (exact) mass is 503 g/mol. The number of carbonyl (C=O) groups excluding carboxylic acids is 1. The van der Waals surface area contributed by atoms with Crippen LogP contribution in [0, 0.1) is 5.82 Å². The number of hydrogen-bond acceptors (Lipinski definition) is 5. The molecule has 13 heteroatoms. The van der Waals surface area contributed by atoms with Crippen molar-refractivity contribution in [2.24, 2.45) is 7.05 Å². The van der Waals surface area contributed by atoms with E-state index < -0.39 is 29.4 Å². The Morgan fingerprint density at radius 2 is 1.78 bits per heavy atom. The van der Waals surface area contributed by atoms with Crippen molar-refractivity contribution in [1.29, 1.82) is 0 Å². The Balaban J connectivity index is 1.45. The van der Waals surface area contributed by atoms with Gasteiger partial charge in [-0.3, -0.25) is 14.3 Å². The topological polar surface area (TPSA) is 98.9 Å². The van der Waals surface area contributed by atoms with Gasteiger partial charge in [0.15, 0.2) is 5.69 Å². The van der Waals surface area contributed by atoms with Crippen molar-refractivity contribution < 1.29 is 27.1 Å². The third-order valence-corrected chi connectivity index (χ3v) is 4.93. The Morgan fingerprint density at radius 1 is 1.06 bits per heavy atom. The summed E-state index contributed by atoms with van der Waals surface area (Å²) in [6.07, 6.45) is 1.24. The highest BCUT2D eigenvalue weighted by atomic mass is 19.4. The molecule has 9 nitrogen and oxygen atoms in total. The van der Waals surface area contributed by atoms with Gasteiger partial charge in [-0.15, -0.1) is 0 Å². The lowest BCUT2D eigenvalue weighted by atomic mass is 10.2. The van der Waals surface area contributed by atoms with E-state index in [1.807, 2.05) is 0 Å². The molecule has 0 saturated heterocycles. The van der Waals surface area contributed by atoms with E-state index in [1.165, 1.54) is 18.3 Å². The van der Waals surface area contributed by atoms with Gasteiger partial charge in [0.2, 0.25) is 0 Å². The maximum absolute atomic E-state index is 14.6. The van der Waals surface area contributed by atoms with E-state index in [9.17, 15) is 22.4 Å². The molecule has 0 spiro atoms. The van der Waals surface area contributed by atoms with Crippen LogP contribution in [0.15, 0.2) is 55.1 Å². The van der Waals surface area contributed by atoms with E-state index in [-0.39, 0.29) is 17.5 Å². The molecule has 4 rings (SSSR count). The van der Waals surface area contributed by atoms with Crippen LogP contribution in [-0.4, -0.2) is 30.6 Å². The largest absolute Gasteiger partial charge is 0.457 e. The summed E-state index contributed by atoms with van der Waals surface area (Å²) in [4.78, 5) is 16.6.